The zero-order valence-corrected chi connectivity index (χ0v) is 20.6. The number of likely N-dealkylation sites (N-methyl/N-ethyl adjacent to an activating group) is 1. The van der Waals surface area contributed by atoms with Crippen LogP contribution < -0.4 is 12.4 Å². The molecule has 27 heavy (non-hydrogen) atoms. The third kappa shape index (κ3) is 16.0. The fourth-order valence-electron chi connectivity index (χ4n) is 3.80. The lowest BCUT2D eigenvalue weighted by molar-refractivity contribution is -0.928. The summed E-state index contributed by atoms with van der Waals surface area (Å²) in [6, 6.07) is 0. The highest BCUT2D eigenvalue weighted by molar-refractivity contribution is 6.22. The maximum absolute atomic E-state index is 9.67. The van der Waals surface area contributed by atoms with E-state index in [9.17, 15) is 5.11 Å². The minimum absolute atomic E-state index is 0. The van der Waals surface area contributed by atoms with E-state index in [1.165, 1.54) is 89.9 Å². The summed E-state index contributed by atoms with van der Waals surface area (Å²) in [6.45, 7) is 6.96. The number of hydrogen-bond acceptors (Lipinski definition) is 1. The van der Waals surface area contributed by atoms with Gasteiger partial charge < -0.3 is 22.0 Å². The van der Waals surface area contributed by atoms with Crippen molar-refractivity contribution in [2.45, 2.75) is 128 Å². The standard InChI is InChI=1S/C23H49ClNO.ClH/c1-6-7-8-9-10-11-12-13-14-15-16-17-18-19-20-23(3,24)25(4,5)21-22(2)26;/h22,26H,6-21H2,1-5H3;1H/q+1;/p-1. The minimum atomic E-state index is -0.306. The highest BCUT2D eigenvalue weighted by Gasteiger charge is 2.39. The quantitative estimate of drug-likeness (QED) is 0.150. The van der Waals surface area contributed by atoms with Gasteiger partial charge in [-0.05, 0) is 13.3 Å². The minimum Gasteiger partial charge on any atom is -1.00 e. The molecule has 2 nitrogen and oxygen atoms in total. The maximum Gasteiger partial charge on any atom is 0.171 e. The SMILES string of the molecule is CCCCCCCCCCCCCCCCC(C)(Cl)[N+](C)(C)CC(C)O.[Cl-]. The second kappa shape index (κ2) is 17.4. The van der Waals surface area contributed by atoms with Crippen molar-refractivity contribution >= 4 is 11.6 Å². The lowest BCUT2D eigenvalue weighted by Gasteiger charge is -2.43. The molecule has 0 aromatic rings. The van der Waals surface area contributed by atoms with Crippen molar-refractivity contribution in [3.63, 3.8) is 0 Å². The molecule has 0 saturated carbocycles. The molecule has 0 radical (unpaired) electrons. The van der Waals surface area contributed by atoms with Gasteiger partial charge in [-0.1, -0.05) is 102 Å². The van der Waals surface area contributed by atoms with E-state index in [0.29, 0.717) is 11.0 Å². The number of rotatable bonds is 18. The van der Waals surface area contributed by atoms with Gasteiger partial charge in [-0.25, -0.2) is 0 Å². The van der Waals surface area contributed by atoms with Crippen LogP contribution in [0.2, 0.25) is 0 Å². The number of hydrogen-bond donors (Lipinski definition) is 1. The van der Waals surface area contributed by atoms with Gasteiger partial charge in [-0.3, -0.25) is 0 Å². The zero-order chi connectivity index (χ0) is 19.9. The highest BCUT2D eigenvalue weighted by Crippen LogP contribution is 2.31. The van der Waals surface area contributed by atoms with Gasteiger partial charge in [0, 0.05) is 13.3 Å². The van der Waals surface area contributed by atoms with Gasteiger partial charge in [0.25, 0.3) is 0 Å². The van der Waals surface area contributed by atoms with Gasteiger partial charge in [0.1, 0.15) is 12.6 Å². The van der Waals surface area contributed by atoms with Crippen molar-refractivity contribution in [3.8, 4) is 0 Å². The Morgan fingerprint density at radius 1 is 0.778 bits per heavy atom. The van der Waals surface area contributed by atoms with Crippen LogP contribution in [0.3, 0.4) is 0 Å². The molecule has 0 rings (SSSR count). The fraction of sp³-hybridized carbons (Fsp3) is 1.00. The molecule has 4 heteroatoms. The summed E-state index contributed by atoms with van der Waals surface area (Å²) in [5.74, 6) is 0. The van der Waals surface area contributed by atoms with Crippen LogP contribution in [0, 0.1) is 0 Å². The van der Waals surface area contributed by atoms with E-state index in [1.807, 2.05) is 6.92 Å². The van der Waals surface area contributed by atoms with E-state index in [2.05, 4.69) is 27.9 Å². The van der Waals surface area contributed by atoms with Crippen LogP contribution in [0.5, 0.6) is 0 Å². The molecule has 0 fully saturated rings. The summed E-state index contributed by atoms with van der Waals surface area (Å²) in [7, 11) is 4.26. The molecule has 0 aromatic carbocycles. The smallest absolute Gasteiger partial charge is 0.171 e. The molecule has 0 aromatic heterocycles. The Morgan fingerprint density at radius 3 is 1.44 bits per heavy atom. The topological polar surface area (TPSA) is 20.2 Å². The third-order valence-corrected chi connectivity index (χ3v) is 6.62. The predicted molar refractivity (Wildman–Crippen MR) is 118 cm³/mol. The molecule has 0 aliphatic rings. The van der Waals surface area contributed by atoms with Crippen molar-refractivity contribution < 1.29 is 22.0 Å². The van der Waals surface area contributed by atoms with Gasteiger partial charge in [0.05, 0.1) is 14.1 Å². The van der Waals surface area contributed by atoms with Gasteiger partial charge >= 0.3 is 0 Å². The lowest BCUT2D eigenvalue weighted by Crippen LogP contribution is -3.00. The second-order valence-electron chi connectivity index (χ2n) is 9.21. The normalized spacial score (nSPS) is 15.2. The molecule has 166 valence electrons. The van der Waals surface area contributed by atoms with E-state index < -0.39 is 0 Å². The number of aliphatic hydroxyl groups is 1. The van der Waals surface area contributed by atoms with Crippen LogP contribution in [0.1, 0.15) is 117 Å². The number of nitrogens with zero attached hydrogens (tertiary/aromatic N) is 1. The van der Waals surface area contributed by atoms with Crippen molar-refractivity contribution in [2.24, 2.45) is 0 Å². The first kappa shape index (κ1) is 29.7. The van der Waals surface area contributed by atoms with Crippen LogP contribution in [-0.4, -0.2) is 41.3 Å². The van der Waals surface area contributed by atoms with Crippen molar-refractivity contribution in [3.05, 3.63) is 0 Å². The third-order valence-electron chi connectivity index (χ3n) is 5.97. The fourth-order valence-corrected chi connectivity index (χ4v) is 4.00. The predicted octanol–water partition coefficient (Wildman–Crippen LogP) is 4.27. The number of unbranched alkanes of at least 4 members (excludes halogenated alkanes) is 13. The summed E-state index contributed by atoms with van der Waals surface area (Å²) in [5.41, 5.74) is 0. The van der Waals surface area contributed by atoms with Crippen LogP contribution >= 0.6 is 11.6 Å². The molecule has 0 saturated heterocycles. The Kier molecular flexibility index (Phi) is 19.1. The molecule has 2 unspecified atom stereocenters. The average Bonchev–Trinajstić information content (AvgIpc) is 2.53. The average molecular weight is 427 g/mol. The van der Waals surface area contributed by atoms with E-state index in [0.717, 1.165) is 6.42 Å². The Balaban J connectivity index is 0. The first-order chi connectivity index (χ1) is 12.2. The second-order valence-corrected chi connectivity index (χ2v) is 10.0. The number of quaternary nitrogens is 1. The van der Waals surface area contributed by atoms with Gasteiger partial charge in [0.15, 0.2) is 5.00 Å². The van der Waals surface area contributed by atoms with E-state index in [4.69, 9.17) is 11.6 Å². The monoisotopic (exact) mass is 425 g/mol. The van der Waals surface area contributed by atoms with Crippen molar-refractivity contribution in [1.82, 2.24) is 0 Å². The molecule has 0 spiro atoms. The van der Waals surface area contributed by atoms with Crippen molar-refractivity contribution in [2.75, 3.05) is 20.6 Å². The van der Waals surface area contributed by atoms with Crippen LogP contribution in [-0.2, 0) is 0 Å². The van der Waals surface area contributed by atoms with Gasteiger partial charge in [-0.2, -0.15) is 0 Å². The van der Waals surface area contributed by atoms with E-state index in [-0.39, 0.29) is 23.5 Å². The molecule has 0 heterocycles. The van der Waals surface area contributed by atoms with Gasteiger partial charge in [0.2, 0.25) is 0 Å². The number of halogens is 2. The Hall–Kier alpha value is 0.500. The molecule has 2 atom stereocenters. The molecule has 0 aliphatic heterocycles. The summed E-state index contributed by atoms with van der Waals surface area (Å²) in [4.78, 5) is -0.284. The number of alkyl halides is 1. The summed E-state index contributed by atoms with van der Waals surface area (Å²) in [6.07, 6.45) is 20.1. The summed E-state index contributed by atoms with van der Waals surface area (Å²) in [5, 5.41) is 9.67. The Labute approximate surface area is 182 Å². The van der Waals surface area contributed by atoms with E-state index >= 15 is 0 Å². The Bertz CT molecular complexity index is 320. The van der Waals surface area contributed by atoms with Crippen molar-refractivity contribution in [1.29, 1.82) is 0 Å². The summed E-state index contributed by atoms with van der Waals surface area (Å²) < 4.78 is 0.671. The molecule has 0 amide bonds. The first-order valence-electron chi connectivity index (χ1n) is 11.4. The molecular formula is C23H49Cl2NO. The molecule has 0 bridgehead atoms. The largest absolute Gasteiger partial charge is 1.00 e. The molecule has 0 aliphatic carbocycles. The Morgan fingerprint density at radius 2 is 1.11 bits per heavy atom. The van der Waals surface area contributed by atoms with Gasteiger partial charge in [-0.15, -0.1) is 0 Å². The number of aliphatic hydroxyl groups excluding tert-OH is 1. The summed E-state index contributed by atoms with van der Waals surface area (Å²) >= 11 is 6.78. The maximum atomic E-state index is 9.67. The highest BCUT2D eigenvalue weighted by atomic mass is 35.5. The van der Waals surface area contributed by atoms with Crippen LogP contribution in [0.25, 0.3) is 0 Å². The first-order valence-corrected chi connectivity index (χ1v) is 11.8. The zero-order valence-electron chi connectivity index (χ0n) is 19.0. The van der Waals surface area contributed by atoms with E-state index in [1.54, 1.807) is 0 Å². The lowest BCUT2D eigenvalue weighted by atomic mass is 10.0. The molecular weight excluding hydrogens is 377 g/mol. The molecule has 1 N–H and O–H groups in total. The van der Waals surface area contributed by atoms with Crippen LogP contribution in [0.15, 0.2) is 0 Å². The van der Waals surface area contributed by atoms with Crippen LogP contribution in [0.4, 0.5) is 0 Å².